The predicted octanol–water partition coefficient (Wildman–Crippen LogP) is 2.70. The summed E-state index contributed by atoms with van der Waals surface area (Å²) in [4.78, 5) is 4.61. The number of nitrogens with two attached hydrogens (primary N) is 2. The van der Waals surface area contributed by atoms with Crippen LogP contribution in [0.5, 0.6) is 5.75 Å². The molecule has 3 aromatic rings. The van der Waals surface area contributed by atoms with Gasteiger partial charge in [0.2, 0.25) is 0 Å². The summed E-state index contributed by atoms with van der Waals surface area (Å²) in [6, 6.07) is 14.9. The Bertz CT molecular complexity index is 859. The lowest BCUT2D eigenvalue weighted by atomic mass is 10.1. The minimum Gasteiger partial charge on any atom is -0.495 e. The fourth-order valence-corrected chi connectivity index (χ4v) is 2.78. The first-order valence-electron chi connectivity index (χ1n) is 8.03. The molecule has 6 heteroatoms. The highest BCUT2D eigenvalue weighted by molar-refractivity contribution is 5.77. The smallest absolute Gasteiger partial charge is 0.143 e. The average molecular weight is 338 g/mol. The highest BCUT2D eigenvalue weighted by Gasteiger charge is 2.21. The van der Waals surface area contributed by atoms with Gasteiger partial charge in [0.15, 0.2) is 0 Å². The summed E-state index contributed by atoms with van der Waals surface area (Å²) in [5.41, 5.74) is 14.8. The minimum atomic E-state index is -0.841. The molecule has 0 amide bonds. The number of nitrogen functional groups attached to an aromatic ring is 1. The molecule has 0 bridgehead atoms. The summed E-state index contributed by atoms with van der Waals surface area (Å²) in [7, 11) is 1.57. The van der Waals surface area contributed by atoms with Gasteiger partial charge < -0.3 is 25.9 Å². The third kappa shape index (κ3) is 3.22. The number of aromatic nitrogens is 2. The van der Waals surface area contributed by atoms with Gasteiger partial charge in [-0.25, -0.2) is 4.98 Å². The number of hydrogen-bond acceptors (Lipinski definition) is 5. The summed E-state index contributed by atoms with van der Waals surface area (Å²) in [6.45, 7) is 1.85. The second kappa shape index (κ2) is 6.96. The molecule has 25 heavy (non-hydrogen) atoms. The quantitative estimate of drug-likeness (QED) is 0.621. The van der Waals surface area contributed by atoms with Crippen LogP contribution in [0.1, 0.15) is 30.5 Å². The van der Waals surface area contributed by atoms with Crippen LogP contribution in [0.2, 0.25) is 0 Å². The van der Waals surface area contributed by atoms with E-state index >= 15 is 0 Å². The lowest BCUT2D eigenvalue weighted by Crippen LogP contribution is -2.15. The number of ether oxygens (including phenoxy) is 1. The Morgan fingerprint density at radius 3 is 2.48 bits per heavy atom. The van der Waals surface area contributed by atoms with Gasteiger partial charge in [0, 0.05) is 11.8 Å². The molecule has 0 radical (unpaired) electrons. The standard InChI is InChI=1S/C19H22N4O2/c1-12(20)23-11-15(18(24)13-7-4-3-5-8-13)22-19(23)14-9-6-10-16(25-2)17(14)21/h3-12,18,24H,20-21H2,1-2H3. The third-order valence-electron chi connectivity index (χ3n) is 4.11. The van der Waals surface area contributed by atoms with Gasteiger partial charge >= 0.3 is 0 Å². The Balaban J connectivity index is 2.10. The predicted molar refractivity (Wildman–Crippen MR) is 98.0 cm³/mol. The van der Waals surface area contributed by atoms with Crippen molar-refractivity contribution in [2.45, 2.75) is 19.2 Å². The second-order valence-corrected chi connectivity index (χ2v) is 5.87. The molecule has 2 unspecified atom stereocenters. The van der Waals surface area contributed by atoms with Gasteiger partial charge in [0.25, 0.3) is 0 Å². The first kappa shape index (κ1) is 17.0. The maximum absolute atomic E-state index is 10.7. The zero-order valence-electron chi connectivity index (χ0n) is 14.3. The van der Waals surface area contributed by atoms with Gasteiger partial charge in [0.05, 0.1) is 24.7 Å². The molecule has 6 nitrogen and oxygen atoms in total. The number of methoxy groups -OCH3 is 1. The molecule has 1 heterocycles. The van der Waals surface area contributed by atoms with Crippen LogP contribution in [0.4, 0.5) is 5.69 Å². The van der Waals surface area contributed by atoms with E-state index in [4.69, 9.17) is 16.2 Å². The zero-order valence-corrected chi connectivity index (χ0v) is 14.3. The van der Waals surface area contributed by atoms with Crippen molar-refractivity contribution in [3.8, 4) is 17.1 Å². The summed E-state index contributed by atoms with van der Waals surface area (Å²) in [5, 5.41) is 10.7. The van der Waals surface area contributed by atoms with E-state index in [1.165, 1.54) is 0 Å². The van der Waals surface area contributed by atoms with Crippen molar-refractivity contribution in [2.75, 3.05) is 12.8 Å². The van der Waals surface area contributed by atoms with Crippen molar-refractivity contribution in [1.82, 2.24) is 9.55 Å². The van der Waals surface area contributed by atoms with E-state index in [1.807, 2.05) is 49.4 Å². The number of benzene rings is 2. The summed E-state index contributed by atoms with van der Waals surface area (Å²) in [6.07, 6.45) is 0.591. The Morgan fingerprint density at radius 2 is 1.84 bits per heavy atom. The van der Waals surface area contributed by atoms with Crippen molar-refractivity contribution in [1.29, 1.82) is 0 Å². The number of hydrogen-bond donors (Lipinski definition) is 3. The molecule has 0 spiro atoms. The van der Waals surface area contributed by atoms with E-state index in [2.05, 4.69) is 4.98 Å². The van der Waals surface area contributed by atoms with Crippen LogP contribution in [0, 0.1) is 0 Å². The van der Waals surface area contributed by atoms with Gasteiger partial charge in [0.1, 0.15) is 17.7 Å². The number of aliphatic hydroxyl groups excluding tert-OH is 1. The largest absolute Gasteiger partial charge is 0.495 e. The number of aliphatic hydroxyl groups is 1. The molecule has 5 N–H and O–H groups in total. The van der Waals surface area contributed by atoms with Crippen molar-refractivity contribution in [3.05, 3.63) is 66.0 Å². The maximum atomic E-state index is 10.7. The van der Waals surface area contributed by atoms with Crippen molar-refractivity contribution < 1.29 is 9.84 Å². The Morgan fingerprint density at radius 1 is 1.12 bits per heavy atom. The molecule has 3 rings (SSSR count). The molecule has 0 aliphatic heterocycles. The molecule has 1 aromatic heterocycles. The Kier molecular flexibility index (Phi) is 4.74. The summed E-state index contributed by atoms with van der Waals surface area (Å²) < 4.78 is 7.09. The summed E-state index contributed by atoms with van der Waals surface area (Å²) >= 11 is 0. The van der Waals surface area contributed by atoms with E-state index in [1.54, 1.807) is 23.9 Å². The monoisotopic (exact) mass is 338 g/mol. The van der Waals surface area contributed by atoms with Crippen LogP contribution < -0.4 is 16.2 Å². The van der Waals surface area contributed by atoms with Crippen molar-refractivity contribution in [3.63, 3.8) is 0 Å². The lowest BCUT2D eigenvalue weighted by Gasteiger charge is -2.14. The van der Waals surface area contributed by atoms with E-state index < -0.39 is 6.10 Å². The molecular weight excluding hydrogens is 316 g/mol. The molecule has 0 saturated heterocycles. The van der Waals surface area contributed by atoms with E-state index in [9.17, 15) is 5.11 Å². The molecule has 0 fully saturated rings. The van der Waals surface area contributed by atoms with Crippen LogP contribution >= 0.6 is 0 Å². The third-order valence-corrected chi connectivity index (χ3v) is 4.11. The fourth-order valence-electron chi connectivity index (χ4n) is 2.78. The maximum Gasteiger partial charge on any atom is 0.143 e. The van der Waals surface area contributed by atoms with Gasteiger partial charge in [-0.05, 0) is 24.6 Å². The van der Waals surface area contributed by atoms with Crippen molar-refractivity contribution in [2.24, 2.45) is 5.73 Å². The normalized spacial score (nSPS) is 13.4. The SMILES string of the molecule is COc1cccc(-c2nc(C(O)c3ccccc3)cn2C(C)N)c1N. The highest BCUT2D eigenvalue weighted by Crippen LogP contribution is 2.34. The zero-order chi connectivity index (χ0) is 18.0. The van der Waals surface area contributed by atoms with E-state index in [-0.39, 0.29) is 6.17 Å². The van der Waals surface area contributed by atoms with Gasteiger partial charge in [-0.3, -0.25) is 0 Å². The first-order chi connectivity index (χ1) is 12.0. The topological polar surface area (TPSA) is 99.3 Å². The molecule has 0 saturated carbocycles. The molecule has 2 atom stereocenters. The minimum absolute atomic E-state index is 0.329. The molecular formula is C19H22N4O2. The van der Waals surface area contributed by atoms with Gasteiger partial charge in [-0.15, -0.1) is 0 Å². The van der Waals surface area contributed by atoms with E-state index in [0.717, 1.165) is 5.56 Å². The molecule has 0 aliphatic carbocycles. The van der Waals surface area contributed by atoms with E-state index in [0.29, 0.717) is 28.5 Å². The van der Waals surface area contributed by atoms with Gasteiger partial charge in [-0.1, -0.05) is 36.4 Å². The number of nitrogens with zero attached hydrogens (tertiary/aromatic N) is 2. The van der Waals surface area contributed by atoms with Gasteiger partial charge in [-0.2, -0.15) is 0 Å². The number of imidazole rings is 1. The Labute approximate surface area is 146 Å². The summed E-state index contributed by atoms with van der Waals surface area (Å²) in [5.74, 6) is 1.17. The average Bonchev–Trinajstić information content (AvgIpc) is 3.07. The van der Waals surface area contributed by atoms with Crippen LogP contribution in [-0.2, 0) is 0 Å². The molecule has 130 valence electrons. The molecule has 0 aliphatic rings. The first-order valence-corrected chi connectivity index (χ1v) is 8.03. The van der Waals surface area contributed by atoms with Crippen LogP contribution in [0.15, 0.2) is 54.7 Å². The highest BCUT2D eigenvalue weighted by atomic mass is 16.5. The van der Waals surface area contributed by atoms with Crippen LogP contribution in [-0.4, -0.2) is 21.8 Å². The lowest BCUT2D eigenvalue weighted by molar-refractivity contribution is 0.215. The van der Waals surface area contributed by atoms with Crippen molar-refractivity contribution >= 4 is 5.69 Å². The van der Waals surface area contributed by atoms with Crippen LogP contribution in [0.3, 0.4) is 0 Å². The van der Waals surface area contributed by atoms with Crippen LogP contribution in [0.25, 0.3) is 11.4 Å². The fraction of sp³-hybridized carbons (Fsp3) is 0.211. The number of para-hydroxylation sites is 1. The molecule has 2 aromatic carbocycles. The second-order valence-electron chi connectivity index (χ2n) is 5.87. The Hall–Kier alpha value is -2.83. The number of anilines is 1. The number of rotatable bonds is 5.